The SMILES string of the molecule is O=C(NC[C@H]1CC[C@H](CNC(=O)c2cc(-c3ccc(F)nc3)nc3ccccc23)CC1)OC1CCOCC1. The molecule has 1 aliphatic carbocycles. The highest BCUT2D eigenvalue weighted by Crippen LogP contribution is 2.29. The van der Waals surface area contributed by atoms with E-state index in [1.807, 2.05) is 24.3 Å². The minimum absolute atomic E-state index is 0.0518. The molecule has 2 N–H and O–H groups in total. The lowest BCUT2D eigenvalue weighted by molar-refractivity contribution is 0.00123. The minimum atomic E-state index is -0.562. The molecular formula is C29H33FN4O4. The number of aromatic nitrogens is 2. The molecule has 1 saturated carbocycles. The van der Waals surface area contributed by atoms with Gasteiger partial charge in [-0.3, -0.25) is 4.79 Å². The number of rotatable bonds is 7. The number of hydrogen-bond acceptors (Lipinski definition) is 6. The van der Waals surface area contributed by atoms with Gasteiger partial charge in [0.15, 0.2) is 0 Å². The molecule has 5 rings (SSSR count). The Bertz CT molecular complexity index is 1260. The molecule has 0 atom stereocenters. The van der Waals surface area contributed by atoms with E-state index in [2.05, 4.69) is 20.6 Å². The lowest BCUT2D eigenvalue weighted by Crippen LogP contribution is -2.37. The fourth-order valence-electron chi connectivity index (χ4n) is 5.22. The number of carbonyl (C=O) groups excluding carboxylic acids is 2. The summed E-state index contributed by atoms with van der Waals surface area (Å²) in [6, 6.07) is 12.1. The summed E-state index contributed by atoms with van der Waals surface area (Å²) in [5.74, 6) is 0.0889. The molecule has 0 bridgehead atoms. The molecule has 3 heterocycles. The number of carbonyl (C=O) groups is 2. The van der Waals surface area contributed by atoms with Gasteiger partial charge in [0.1, 0.15) is 6.10 Å². The average Bonchev–Trinajstić information content (AvgIpc) is 2.95. The number of hydrogen-bond donors (Lipinski definition) is 2. The molecule has 200 valence electrons. The highest BCUT2D eigenvalue weighted by molar-refractivity contribution is 6.07. The first-order chi connectivity index (χ1) is 18.5. The zero-order valence-electron chi connectivity index (χ0n) is 21.3. The van der Waals surface area contributed by atoms with Gasteiger partial charge in [0.25, 0.3) is 5.91 Å². The Morgan fingerprint density at radius 3 is 2.37 bits per heavy atom. The third-order valence-electron chi connectivity index (χ3n) is 7.48. The number of alkyl carbamates (subject to hydrolysis) is 1. The number of para-hydroxylation sites is 1. The second-order valence-electron chi connectivity index (χ2n) is 10.1. The van der Waals surface area contributed by atoms with E-state index in [4.69, 9.17) is 9.47 Å². The van der Waals surface area contributed by atoms with Crippen molar-refractivity contribution >= 4 is 22.9 Å². The Morgan fingerprint density at radius 2 is 1.66 bits per heavy atom. The monoisotopic (exact) mass is 520 g/mol. The first kappa shape index (κ1) is 26.0. The summed E-state index contributed by atoms with van der Waals surface area (Å²) in [7, 11) is 0. The predicted octanol–water partition coefficient (Wildman–Crippen LogP) is 4.88. The Morgan fingerprint density at radius 1 is 0.947 bits per heavy atom. The van der Waals surface area contributed by atoms with Crippen LogP contribution in [-0.2, 0) is 9.47 Å². The van der Waals surface area contributed by atoms with Crippen LogP contribution >= 0.6 is 0 Å². The van der Waals surface area contributed by atoms with Crippen molar-refractivity contribution in [3.05, 3.63) is 60.2 Å². The van der Waals surface area contributed by atoms with E-state index in [1.165, 1.54) is 12.3 Å². The van der Waals surface area contributed by atoms with Gasteiger partial charge in [0.2, 0.25) is 5.95 Å². The summed E-state index contributed by atoms with van der Waals surface area (Å²) in [4.78, 5) is 33.7. The van der Waals surface area contributed by atoms with Crippen molar-refractivity contribution in [3.8, 4) is 11.3 Å². The van der Waals surface area contributed by atoms with E-state index in [0.717, 1.165) is 43.9 Å². The Hall–Kier alpha value is -3.59. The van der Waals surface area contributed by atoms with Crippen molar-refractivity contribution in [2.24, 2.45) is 11.8 Å². The van der Waals surface area contributed by atoms with Gasteiger partial charge in [-0.2, -0.15) is 4.39 Å². The number of amides is 2. The van der Waals surface area contributed by atoms with Crippen LogP contribution in [0, 0.1) is 17.8 Å². The molecule has 0 radical (unpaired) electrons. The summed E-state index contributed by atoms with van der Waals surface area (Å²) in [5.41, 5.74) is 2.46. The number of halogens is 1. The molecule has 2 aliphatic rings. The molecular weight excluding hydrogens is 487 g/mol. The topological polar surface area (TPSA) is 102 Å². The van der Waals surface area contributed by atoms with Crippen molar-refractivity contribution in [2.75, 3.05) is 26.3 Å². The van der Waals surface area contributed by atoms with Gasteiger partial charge >= 0.3 is 6.09 Å². The highest BCUT2D eigenvalue weighted by atomic mass is 19.1. The number of nitrogens with one attached hydrogen (secondary N) is 2. The maximum atomic E-state index is 13.3. The van der Waals surface area contributed by atoms with Crippen LogP contribution in [0.25, 0.3) is 22.2 Å². The number of benzene rings is 1. The van der Waals surface area contributed by atoms with Crippen molar-refractivity contribution in [2.45, 2.75) is 44.6 Å². The van der Waals surface area contributed by atoms with Crippen LogP contribution in [0.1, 0.15) is 48.9 Å². The molecule has 1 saturated heterocycles. The van der Waals surface area contributed by atoms with Crippen LogP contribution in [-0.4, -0.2) is 54.4 Å². The lowest BCUT2D eigenvalue weighted by atomic mass is 9.82. The second kappa shape index (κ2) is 12.3. The van der Waals surface area contributed by atoms with Crippen molar-refractivity contribution in [1.82, 2.24) is 20.6 Å². The maximum Gasteiger partial charge on any atom is 0.407 e. The molecule has 38 heavy (non-hydrogen) atoms. The van der Waals surface area contributed by atoms with Crippen LogP contribution in [0.15, 0.2) is 48.7 Å². The van der Waals surface area contributed by atoms with Crippen LogP contribution in [0.5, 0.6) is 0 Å². The van der Waals surface area contributed by atoms with Gasteiger partial charge in [-0.25, -0.2) is 14.8 Å². The summed E-state index contributed by atoms with van der Waals surface area (Å²) >= 11 is 0. The Kier molecular flexibility index (Phi) is 8.43. The van der Waals surface area contributed by atoms with Gasteiger partial charge in [-0.1, -0.05) is 18.2 Å². The van der Waals surface area contributed by atoms with Crippen molar-refractivity contribution in [1.29, 1.82) is 0 Å². The van der Waals surface area contributed by atoms with Crippen LogP contribution in [0.4, 0.5) is 9.18 Å². The zero-order valence-corrected chi connectivity index (χ0v) is 21.3. The van der Waals surface area contributed by atoms with Gasteiger partial charge in [-0.05, 0) is 61.8 Å². The number of nitrogens with zero attached hydrogens (tertiary/aromatic N) is 2. The largest absolute Gasteiger partial charge is 0.446 e. The summed E-state index contributed by atoms with van der Waals surface area (Å²) < 4.78 is 24.1. The molecule has 1 aromatic carbocycles. The van der Waals surface area contributed by atoms with Crippen molar-refractivity contribution < 1.29 is 23.5 Å². The van der Waals surface area contributed by atoms with E-state index < -0.39 is 5.95 Å². The average molecular weight is 521 g/mol. The van der Waals surface area contributed by atoms with E-state index >= 15 is 0 Å². The highest BCUT2D eigenvalue weighted by Gasteiger charge is 2.24. The summed E-state index contributed by atoms with van der Waals surface area (Å²) in [5, 5.41) is 6.81. The third kappa shape index (κ3) is 6.64. The normalized spacial score (nSPS) is 20.1. The molecule has 0 spiro atoms. The fraction of sp³-hybridized carbons (Fsp3) is 0.448. The number of fused-ring (bicyclic) bond motifs is 1. The van der Waals surface area contributed by atoms with E-state index in [1.54, 1.807) is 12.1 Å². The molecule has 8 nitrogen and oxygen atoms in total. The predicted molar refractivity (Wildman–Crippen MR) is 141 cm³/mol. The third-order valence-corrected chi connectivity index (χ3v) is 7.48. The standard InChI is InChI=1S/C29H33FN4O4/c30-27-10-9-21(18-31-27)26-15-24(23-3-1-2-4-25(23)34-26)28(35)32-16-19-5-7-20(8-6-19)17-33-29(36)38-22-11-13-37-14-12-22/h1-4,9-10,15,18-20,22H,5-8,11-14,16-17H2,(H,32,35)(H,33,36)/t19-,20-. The van der Waals surface area contributed by atoms with Gasteiger partial charge in [-0.15, -0.1) is 0 Å². The molecule has 9 heteroatoms. The summed E-state index contributed by atoms with van der Waals surface area (Å²) in [6.07, 6.45) is 6.52. The first-order valence-electron chi connectivity index (χ1n) is 13.4. The Labute approximate surface area is 221 Å². The zero-order chi connectivity index (χ0) is 26.3. The number of pyridine rings is 2. The Balaban J connectivity index is 1.13. The number of ether oxygens (including phenoxy) is 2. The van der Waals surface area contributed by atoms with E-state index in [-0.39, 0.29) is 18.1 Å². The lowest BCUT2D eigenvalue weighted by Gasteiger charge is -2.29. The van der Waals surface area contributed by atoms with Crippen LogP contribution < -0.4 is 10.6 Å². The molecule has 1 aliphatic heterocycles. The molecule has 2 aromatic heterocycles. The second-order valence-corrected chi connectivity index (χ2v) is 10.1. The minimum Gasteiger partial charge on any atom is -0.446 e. The molecule has 2 amide bonds. The molecule has 3 aromatic rings. The van der Waals surface area contributed by atoms with Gasteiger partial charge in [0, 0.05) is 43.1 Å². The quantitative estimate of drug-likeness (QED) is 0.431. The first-order valence-corrected chi connectivity index (χ1v) is 13.4. The molecule has 2 fully saturated rings. The van der Waals surface area contributed by atoms with Gasteiger partial charge in [0.05, 0.1) is 30.0 Å². The van der Waals surface area contributed by atoms with Crippen LogP contribution in [0.2, 0.25) is 0 Å². The van der Waals surface area contributed by atoms with Crippen LogP contribution in [0.3, 0.4) is 0 Å². The summed E-state index contributed by atoms with van der Waals surface area (Å²) in [6.45, 7) is 2.49. The fourth-order valence-corrected chi connectivity index (χ4v) is 5.22. The van der Waals surface area contributed by atoms with Gasteiger partial charge < -0.3 is 20.1 Å². The smallest absolute Gasteiger partial charge is 0.407 e. The maximum absolute atomic E-state index is 13.3. The van der Waals surface area contributed by atoms with E-state index in [0.29, 0.717) is 60.5 Å². The van der Waals surface area contributed by atoms with E-state index in [9.17, 15) is 14.0 Å². The van der Waals surface area contributed by atoms with Crippen molar-refractivity contribution in [3.63, 3.8) is 0 Å². The molecule has 0 unspecified atom stereocenters.